The minimum atomic E-state index is -4.45. The fourth-order valence-corrected chi connectivity index (χ4v) is 10.5. The van der Waals surface area contributed by atoms with Gasteiger partial charge in [0.1, 0.15) is 19.3 Å². The van der Waals surface area contributed by atoms with Gasteiger partial charge in [-0.1, -0.05) is 269 Å². The van der Waals surface area contributed by atoms with E-state index in [1.54, 1.807) is 0 Å². The molecule has 0 aromatic heterocycles. The van der Waals surface area contributed by atoms with Crippen LogP contribution in [0.15, 0.2) is 48.6 Å². The van der Waals surface area contributed by atoms with E-state index in [4.69, 9.17) is 13.8 Å². The second-order valence-electron chi connectivity index (χ2n) is 24.0. The Bertz CT molecular complexity index is 1470. The lowest BCUT2D eigenvalue weighted by Crippen LogP contribution is -2.47. The van der Waals surface area contributed by atoms with Crippen LogP contribution in [0.5, 0.6) is 0 Å². The lowest BCUT2D eigenvalue weighted by molar-refractivity contribution is -0.870. The Kier molecular flexibility index (Phi) is 56.7. The molecule has 3 unspecified atom stereocenters. The highest BCUT2D eigenvalue weighted by molar-refractivity contribution is 7.47. The van der Waals surface area contributed by atoms with Gasteiger partial charge in [-0.2, -0.15) is 0 Å². The molecule has 0 aromatic rings. The van der Waals surface area contributed by atoms with Crippen molar-refractivity contribution in [2.75, 3.05) is 40.9 Å². The summed E-state index contributed by atoms with van der Waals surface area (Å²) in [6.07, 6.45) is 72.5. The molecule has 3 atom stereocenters. The van der Waals surface area contributed by atoms with E-state index in [9.17, 15) is 19.0 Å². The van der Waals surface area contributed by atoms with Crippen LogP contribution in [0.1, 0.15) is 323 Å². The molecule has 0 saturated carbocycles. The molecule has 1 amide bonds. The van der Waals surface area contributed by atoms with Crippen molar-refractivity contribution in [3.63, 3.8) is 0 Å². The smallest absolute Gasteiger partial charge is 0.456 e. The van der Waals surface area contributed by atoms with E-state index in [0.29, 0.717) is 23.9 Å². The highest BCUT2D eigenvalue weighted by atomic mass is 31.2. The predicted octanol–water partition coefficient (Wildman–Crippen LogP) is 20.8. The van der Waals surface area contributed by atoms with Crippen LogP contribution in [0.4, 0.5) is 0 Å². The van der Waals surface area contributed by atoms with Crippen molar-refractivity contribution in [2.45, 2.75) is 335 Å². The molecule has 10 heteroatoms. The number of phosphoric acid groups is 1. The van der Waals surface area contributed by atoms with Crippen LogP contribution < -0.4 is 5.32 Å². The third-order valence-corrected chi connectivity index (χ3v) is 16.0. The topological polar surface area (TPSA) is 111 Å². The zero-order chi connectivity index (χ0) is 57.2. The minimum absolute atomic E-state index is 0.0404. The Morgan fingerprint density at radius 1 is 0.449 bits per heavy atom. The van der Waals surface area contributed by atoms with Crippen LogP contribution in [0.2, 0.25) is 0 Å². The van der Waals surface area contributed by atoms with Gasteiger partial charge >= 0.3 is 13.8 Å². The van der Waals surface area contributed by atoms with Gasteiger partial charge in [0.2, 0.25) is 5.91 Å². The number of likely N-dealkylation sites (N-methyl/N-ethyl adjacent to an activating group) is 1. The number of esters is 1. The average Bonchev–Trinajstić information content (AvgIpc) is 3.40. The van der Waals surface area contributed by atoms with E-state index in [0.717, 1.165) is 64.2 Å². The number of hydrogen-bond donors (Lipinski definition) is 2. The second kappa shape index (κ2) is 58.2. The van der Waals surface area contributed by atoms with Gasteiger partial charge in [-0.15, -0.1) is 0 Å². The zero-order valence-corrected chi connectivity index (χ0v) is 53.3. The monoisotopic (exact) mass is 1120 g/mol. The quantitative estimate of drug-likeness (QED) is 0.0205. The summed E-state index contributed by atoms with van der Waals surface area (Å²) in [4.78, 5) is 37.8. The summed E-state index contributed by atoms with van der Waals surface area (Å²) in [7, 11) is 1.50. The van der Waals surface area contributed by atoms with Crippen molar-refractivity contribution < 1.29 is 37.3 Å². The molecule has 9 nitrogen and oxygen atoms in total. The lowest BCUT2D eigenvalue weighted by Gasteiger charge is -2.27. The Balaban J connectivity index is 5.15. The van der Waals surface area contributed by atoms with Crippen LogP contribution >= 0.6 is 7.82 Å². The first-order chi connectivity index (χ1) is 37.9. The molecule has 78 heavy (non-hydrogen) atoms. The molecular formula is C68H130N2O7P+. The summed E-state index contributed by atoms with van der Waals surface area (Å²) in [5.74, 6) is -0.498. The third-order valence-electron chi connectivity index (χ3n) is 15.0. The van der Waals surface area contributed by atoms with Crippen molar-refractivity contribution in [2.24, 2.45) is 0 Å². The highest BCUT2D eigenvalue weighted by Crippen LogP contribution is 2.43. The molecule has 0 heterocycles. The maximum atomic E-state index is 13.6. The second-order valence-corrected chi connectivity index (χ2v) is 25.4. The van der Waals surface area contributed by atoms with Crippen molar-refractivity contribution in [1.82, 2.24) is 5.32 Å². The predicted molar refractivity (Wildman–Crippen MR) is 337 cm³/mol. The fourth-order valence-electron chi connectivity index (χ4n) is 9.79. The summed E-state index contributed by atoms with van der Waals surface area (Å²) < 4.78 is 30.8. The third kappa shape index (κ3) is 58.6. The number of allylic oxidation sites excluding steroid dienone is 7. The number of amides is 1. The Morgan fingerprint density at radius 3 is 1.19 bits per heavy atom. The molecule has 0 bridgehead atoms. The molecule has 0 aromatic carbocycles. The van der Waals surface area contributed by atoms with Gasteiger partial charge < -0.3 is 19.4 Å². The molecule has 0 aliphatic rings. The van der Waals surface area contributed by atoms with Crippen LogP contribution in [-0.4, -0.2) is 74.3 Å². The van der Waals surface area contributed by atoms with Crippen LogP contribution in [-0.2, 0) is 27.9 Å². The maximum absolute atomic E-state index is 13.6. The van der Waals surface area contributed by atoms with Gasteiger partial charge in [-0.3, -0.25) is 18.6 Å². The molecule has 0 aliphatic carbocycles. The van der Waals surface area contributed by atoms with Crippen molar-refractivity contribution >= 4 is 19.7 Å². The fraction of sp³-hybridized carbons (Fsp3) is 0.853. The molecule has 0 spiro atoms. The Labute approximate surface area is 484 Å². The number of nitrogens with one attached hydrogen (secondary N) is 1. The summed E-state index contributed by atoms with van der Waals surface area (Å²) in [5, 5.41) is 3.07. The van der Waals surface area contributed by atoms with Crippen molar-refractivity contribution in [3.05, 3.63) is 48.6 Å². The average molecular weight is 1120 g/mol. The number of unbranched alkanes of at least 4 members (excludes halogenated alkanes) is 39. The van der Waals surface area contributed by atoms with E-state index >= 15 is 0 Å². The number of hydrogen-bond acceptors (Lipinski definition) is 6. The van der Waals surface area contributed by atoms with Crippen molar-refractivity contribution in [3.8, 4) is 0 Å². The van der Waals surface area contributed by atoms with Gasteiger partial charge in [0, 0.05) is 12.8 Å². The van der Waals surface area contributed by atoms with E-state index in [1.807, 2.05) is 33.3 Å². The number of phosphoric ester groups is 1. The molecule has 0 saturated heterocycles. The van der Waals surface area contributed by atoms with E-state index in [2.05, 4.69) is 62.5 Å². The molecule has 0 rings (SSSR count). The normalized spacial score (nSPS) is 13.9. The van der Waals surface area contributed by atoms with Gasteiger partial charge in [-0.05, 0) is 89.5 Å². The summed E-state index contributed by atoms with van der Waals surface area (Å²) in [6.45, 7) is 7.02. The van der Waals surface area contributed by atoms with Crippen LogP contribution in [0.3, 0.4) is 0 Å². The van der Waals surface area contributed by atoms with Crippen LogP contribution in [0, 0.1) is 0 Å². The van der Waals surface area contributed by atoms with Gasteiger partial charge in [0.25, 0.3) is 0 Å². The van der Waals surface area contributed by atoms with Crippen LogP contribution in [0.25, 0.3) is 0 Å². The Morgan fingerprint density at radius 2 is 0.782 bits per heavy atom. The SMILES string of the molecule is CCCCC/C=C\C/C=C\CCCCCCCCCCCCCC(=O)OC(/C=C/CCCCCCCCCCCC)C(COP(=O)(O)OCC[N+](C)(C)C)NC(=O)CCCCCCCCCCC/C=C/CCCCCCCC. The van der Waals surface area contributed by atoms with Gasteiger partial charge in [-0.25, -0.2) is 4.57 Å². The van der Waals surface area contributed by atoms with E-state index in [-0.39, 0.29) is 25.1 Å². The molecular weight excluding hydrogens is 988 g/mol. The number of carbonyl (C=O) groups excluding carboxylic acids is 2. The van der Waals surface area contributed by atoms with E-state index in [1.165, 1.54) is 225 Å². The standard InChI is InChI=1S/C68H129N2O7P/c1-7-10-13-16-19-22-25-28-30-32-34-35-37-39-41-43-46-49-52-55-58-61-68(72)77-66(59-56-53-50-47-44-27-24-21-18-15-12-9-3)65(64-76-78(73,74)75-63-62-70(4,5)6)69-67(71)60-57-54-51-48-45-42-40-38-36-33-31-29-26-23-20-17-14-11-8-2/h19,22,28-31,56,59,65-66H,7-18,20-21,23-27,32-55,57-58,60-64H2,1-6H3,(H-,69,71,73,74)/p+1/b22-19-,30-28-,31-29+,59-56+. The lowest BCUT2D eigenvalue weighted by atomic mass is 10.0. The molecule has 458 valence electrons. The molecule has 0 fully saturated rings. The summed E-state index contributed by atoms with van der Waals surface area (Å²) in [5.41, 5.74) is 0. The first-order valence-electron chi connectivity index (χ1n) is 33.5. The number of nitrogens with zero attached hydrogens (tertiary/aromatic N) is 1. The van der Waals surface area contributed by atoms with Gasteiger partial charge in [0.05, 0.1) is 33.8 Å². The maximum Gasteiger partial charge on any atom is 0.472 e. The number of rotatable bonds is 61. The number of quaternary nitrogens is 1. The molecule has 0 radical (unpaired) electrons. The van der Waals surface area contributed by atoms with Crippen molar-refractivity contribution in [1.29, 1.82) is 0 Å². The number of ether oxygens (including phenoxy) is 1. The highest BCUT2D eigenvalue weighted by Gasteiger charge is 2.30. The largest absolute Gasteiger partial charge is 0.472 e. The minimum Gasteiger partial charge on any atom is -0.456 e. The first kappa shape index (κ1) is 76.0. The molecule has 2 N–H and O–H groups in total. The van der Waals surface area contributed by atoms with Gasteiger partial charge in [0.15, 0.2) is 0 Å². The summed E-state index contributed by atoms with van der Waals surface area (Å²) >= 11 is 0. The zero-order valence-electron chi connectivity index (χ0n) is 52.4. The first-order valence-corrected chi connectivity index (χ1v) is 35.0. The summed E-state index contributed by atoms with van der Waals surface area (Å²) in [6, 6.07) is -0.849. The Hall–Kier alpha value is -2.03. The van der Waals surface area contributed by atoms with E-state index < -0.39 is 20.0 Å². The molecule has 0 aliphatic heterocycles. The number of carbonyl (C=O) groups is 2.